The van der Waals surface area contributed by atoms with E-state index in [1.165, 1.54) is 82.8 Å². The highest BCUT2D eigenvalue weighted by Gasteiger charge is 2.55. The van der Waals surface area contributed by atoms with Gasteiger partial charge in [-0.25, -0.2) is 38.7 Å². The molecule has 0 unspecified atom stereocenters. The summed E-state index contributed by atoms with van der Waals surface area (Å²) in [5, 5.41) is 33.6. The number of amides is 4. The summed E-state index contributed by atoms with van der Waals surface area (Å²) in [5.41, 5.74) is 6.29. The summed E-state index contributed by atoms with van der Waals surface area (Å²) in [5.74, 6) is 10.4. The SMILES string of the molecule is C.C.C.C.CN1C(=O)c2c(Nc3ccccc3)nn(CC3CCCC3)c2N2C1=N[C@@H]1CCC[C@@H]12.CN1C(=O)c2c(Nc3ccccc3)nn(CCc3ccc(C(F)(F)F)cc3)c2N2C1=N[C@@H]1CCC[C@@H]12.CN1C(=O)c2c(nn(CC3CCCC3)c2Nc2ccccc2)N2C1=N[C@@H]1CCC[C@@H]12.CN1C(=O)c2c(nn(CC3CCOCC3)c2Nc2ccccc2)N2C1=N[C@@H]1CCC[C@@H]12. The van der Waals surface area contributed by atoms with Gasteiger partial charge in [0, 0.05) is 90.3 Å². The molecule has 4 amide bonds. The molecular formula is C99H125F3N24O5. The number of hydrogen-bond donors (Lipinski definition) is 4. The largest absolute Gasteiger partial charge is 0.416 e. The normalized spacial score (nSPS) is 23.3. The van der Waals surface area contributed by atoms with Crippen molar-refractivity contribution in [3.05, 3.63) is 179 Å². The minimum atomic E-state index is -4.37. The summed E-state index contributed by atoms with van der Waals surface area (Å²) in [7, 11) is 7.27. The first-order valence-electron chi connectivity index (χ1n) is 46.0. The van der Waals surface area contributed by atoms with Crippen molar-refractivity contribution in [1.29, 1.82) is 0 Å². The van der Waals surface area contributed by atoms with Crippen LogP contribution in [0.3, 0.4) is 0 Å². The molecule has 6 aliphatic carbocycles. The Labute approximate surface area is 765 Å². The third kappa shape index (κ3) is 16.7. The Kier molecular flexibility index (Phi) is 25.9. The third-order valence-electron chi connectivity index (χ3n) is 28.6. The van der Waals surface area contributed by atoms with Gasteiger partial charge < -0.3 is 26.0 Å². The Morgan fingerprint density at radius 1 is 0.351 bits per heavy atom. The zero-order valence-corrected chi connectivity index (χ0v) is 72.3. The number of alkyl halides is 3. The number of aryl methyl sites for hydroxylation is 2. The smallest absolute Gasteiger partial charge is 0.381 e. The molecule has 692 valence electrons. The Bertz CT molecular complexity index is 5760. The van der Waals surface area contributed by atoms with Crippen LogP contribution in [0.2, 0.25) is 0 Å². The van der Waals surface area contributed by atoms with Crippen molar-refractivity contribution >= 4 is 117 Å². The number of anilines is 12. The van der Waals surface area contributed by atoms with Crippen molar-refractivity contribution in [1.82, 2.24) is 58.7 Å². The minimum Gasteiger partial charge on any atom is -0.381 e. The summed E-state index contributed by atoms with van der Waals surface area (Å²) < 4.78 is 52.4. The van der Waals surface area contributed by atoms with E-state index in [-0.39, 0.29) is 77.5 Å². The van der Waals surface area contributed by atoms with E-state index in [2.05, 4.69) is 50.2 Å². The van der Waals surface area contributed by atoms with Crippen molar-refractivity contribution in [2.75, 3.05) is 82.3 Å². The predicted molar refractivity (Wildman–Crippen MR) is 511 cm³/mol. The number of aromatic nitrogens is 8. The number of guanidine groups is 4. The number of rotatable bonds is 17. The number of para-hydroxylation sites is 4. The summed E-state index contributed by atoms with van der Waals surface area (Å²) in [4.78, 5) is 89.3. The lowest BCUT2D eigenvalue weighted by atomic mass is 10.0. The molecule has 131 heavy (non-hydrogen) atoms. The molecular weight excluding hydrogens is 1660 g/mol. The lowest BCUT2D eigenvalue weighted by Gasteiger charge is -2.36. The lowest BCUT2D eigenvalue weighted by molar-refractivity contribution is -0.137. The average Bonchev–Trinajstić information content (AvgIpc) is 1.58. The topological polar surface area (TPSA) is 272 Å². The van der Waals surface area contributed by atoms with Gasteiger partial charge in [-0.1, -0.05) is 140 Å². The van der Waals surface area contributed by atoms with Crippen molar-refractivity contribution in [3.8, 4) is 0 Å². The quantitative estimate of drug-likeness (QED) is 0.0659. The monoisotopic (exact) mass is 1790 g/mol. The van der Waals surface area contributed by atoms with Crippen molar-refractivity contribution < 1.29 is 37.1 Å². The summed E-state index contributed by atoms with van der Waals surface area (Å²) in [6, 6.07) is 47.0. The number of benzene rings is 5. The number of carbonyl (C=O) groups is 4. The molecule has 0 radical (unpaired) electrons. The van der Waals surface area contributed by atoms with Gasteiger partial charge in [0.25, 0.3) is 23.6 Å². The van der Waals surface area contributed by atoms with Gasteiger partial charge in [-0.3, -0.25) is 58.4 Å². The van der Waals surface area contributed by atoms with Crippen molar-refractivity contribution in [2.24, 2.45) is 37.7 Å². The van der Waals surface area contributed by atoms with Crippen LogP contribution in [0, 0.1) is 17.8 Å². The van der Waals surface area contributed by atoms with Crippen LogP contribution >= 0.6 is 0 Å². The first kappa shape index (κ1) is 90.6. The Balaban J connectivity index is 0.000000121. The maximum atomic E-state index is 13.5. The van der Waals surface area contributed by atoms with Crippen molar-refractivity contribution in [3.63, 3.8) is 0 Å². The molecule has 5 aromatic carbocycles. The number of nitrogens with one attached hydrogen (secondary N) is 4. The number of fused-ring (bicyclic) bond motifs is 20. The van der Waals surface area contributed by atoms with E-state index in [4.69, 9.17) is 45.1 Å². The molecule has 9 aromatic rings. The van der Waals surface area contributed by atoms with Gasteiger partial charge in [0.05, 0.1) is 53.9 Å². The van der Waals surface area contributed by atoms with Crippen LogP contribution in [0.15, 0.2) is 166 Å². The van der Waals surface area contributed by atoms with Crippen LogP contribution in [-0.4, -0.2) is 196 Å². The minimum absolute atomic E-state index is 0. The molecule has 24 rings (SSSR count). The maximum absolute atomic E-state index is 13.5. The summed E-state index contributed by atoms with van der Waals surface area (Å²) >= 11 is 0. The number of hydrogen-bond acceptors (Lipinski definition) is 21. The molecule has 4 N–H and O–H groups in total. The van der Waals surface area contributed by atoms with E-state index < -0.39 is 11.7 Å². The van der Waals surface area contributed by atoms with Crippen molar-refractivity contribution in [2.45, 2.75) is 258 Å². The van der Waals surface area contributed by atoms with Gasteiger partial charge >= 0.3 is 6.18 Å². The molecule has 13 heterocycles. The molecule has 1 saturated heterocycles. The second kappa shape index (κ2) is 37.5. The zero-order valence-electron chi connectivity index (χ0n) is 72.3. The molecule has 6 saturated carbocycles. The van der Waals surface area contributed by atoms with Gasteiger partial charge in [0.2, 0.25) is 23.8 Å². The van der Waals surface area contributed by atoms with E-state index in [0.717, 1.165) is 191 Å². The van der Waals surface area contributed by atoms with E-state index in [0.29, 0.717) is 101 Å². The molecule has 29 nitrogen and oxygen atoms in total. The fraction of sp³-hybridized carbons (Fsp3) is 0.495. The Hall–Kier alpha value is -12.4. The van der Waals surface area contributed by atoms with E-state index in [1.807, 2.05) is 147 Å². The highest BCUT2D eigenvalue weighted by atomic mass is 19.4. The highest BCUT2D eigenvalue weighted by molar-refractivity contribution is 6.24. The van der Waals surface area contributed by atoms with Gasteiger partial charge in [-0.05, 0) is 206 Å². The molecule has 7 fully saturated rings. The first-order valence-corrected chi connectivity index (χ1v) is 46.0. The molecule has 4 aromatic heterocycles. The van der Waals surface area contributed by atoms with Crippen LogP contribution < -0.4 is 40.9 Å². The average molecular weight is 1790 g/mol. The summed E-state index contributed by atoms with van der Waals surface area (Å²) in [6.45, 7) is 4.49. The van der Waals surface area contributed by atoms with Crippen LogP contribution in [-0.2, 0) is 43.5 Å². The van der Waals surface area contributed by atoms with Crippen LogP contribution in [0.4, 0.5) is 82.5 Å². The van der Waals surface area contributed by atoms with Crippen LogP contribution in [0.1, 0.15) is 224 Å². The molecule has 9 aliphatic heterocycles. The van der Waals surface area contributed by atoms with Gasteiger partial charge in [-0.15, -0.1) is 0 Å². The van der Waals surface area contributed by atoms with Crippen LogP contribution in [0.25, 0.3) is 0 Å². The van der Waals surface area contributed by atoms with Gasteiger partial charge in [0.1, 0.15) is 45.5 Å². The second-order valence-corrected chi connectivity index (χ2v) is 36.6. The first-order chi connectivity index (χ1) is 61.9. The fourth-order valence-corrected chi connectivity index (χ4v) is 22.1. The summed E-state index contributed by atoms with van der Waals surface area (Å²) in [6.07, 6.45) is 21.5. The Morgan fingerprint density at radius 3 is 1.05 bits per heavy atom. The van der Waals surface area contributed by atoms with E-state index in [9.17, 15) is 32.3 Å². The standard InChI is InChI=1S/C26H25F3N6O.C23H28N6O2.2C23H28N6O.4CH4/c1-33-24(36)21-22(30-18-6-3-2-4-7-18)32-34(15-14-16-10-12-17(13-11-16)26(27,28)29)23(21)35-20-9-5-8-19(20)31-25(33)35;1-27-22(30)19-20(24-16-6-3-2-4-7-16)28(14-15-10-12-31-13-11-15)26-21(19)29-18-9-5-8-17(18)25-23(27)29;1-27-22(30)19-20(24-16-10-3-2-4-11-16)28(14-15-8-5-6-9-15)26-21(19)29-18-13-7-12-17(18)25-23(27)29;1-27-22(30)19-20(24-16-10-3-2-4-11-16)26-28(14-15-8-5-6-9-15)21(19)29-18-13-7-12-17(18)25-23(27)29;;;;/h2-4,6-7,10-13,19-20H,5,8-9,14-15H2,1H3,(H,30,32);2-4,6-7,15,17-18,24H,5,8-14H2,1H3;2-4,10-11,15,17-18,24H,5-9,12-14H2,1H3;2-4,10-11,15,17-18H,5-9,12-14H2,1H3,(H,24,26);4*1H4/t19-,20+;3*17-,18+;;;;/m1111..../s1. The number of aliphatic imine (C=N–C) groups is 4. The fourth-order valence-electron chi connectivity index (χ4n) is 22.1. The lowest BCUT2D eigenvalue weighted by Crippen LogP contribution is -2.52. The van der Waals surface area contributed by atoms with E-state index >= 15 is 0 Å². The number of ether oxygens (including phenoxy) is 1. The molecule has 8 atom stereocenters. The van der Waals surface area contributed by atoms with Crippen LogP contribution in [0.5, 0.6) is 0 Å². The third-order valence-corrected chi connectivity index (χ3v) is 28.6. The molecule has 0 bridgehead atoms. The molecule has 32 heteroatoms. The maximum Gasteiger partial charge on any atom is 0.416 e. The molecule has 15 aliphatic rings. The molecule has 0 spiro atoms. The second-order valence-electron chi connectivity index (χ2n) is 36.6. The zero-order chi connectivity index (χ0) is 86.5. The van der Waals surface area contributed by atoms with Gasteiger partial charge in [-0.2, -0.15) is 33.6 Å². The number of nitrogens with zero attached hydrogens (tertiary/aromatic N) is 20. The highest BCUT2D eigenvalue weighted by Crippen LogP contribution is 2.50. The number of halogens is 3. The van der Waals surface area contributed by atoms with Gasteiger partial charge in [0.15, 0.2) is 23.3 Å². The number of carbonyl (C=O) groups excluding carboxylic acids is 4. The Morgan fingerprint density at radius 2 is 0.672 bits per heavy atom. The predicted octanol–water partition coefficient (Wildman–Crippen LogP) is 18.9. The van der Waals surface area contributed by atoms with E-state index in [1.54, 1.807) is 31.3 Å².